The Balaban J connectivity index is 2.64. The third kappa shape index (κ3) is 2.06. The van der Waals surface area contributed by atoms with E-state index in [1.165, 1.54) is 12.1 Å². The van der Waals surface area contributed by atoms with Crippen LogP contribution in [0.4, 0.5) is 4.39 Å². The van der Waals surface area contributed by atoms with Gasteiger partial charge in [-0.3, -0.25) is 0 Å². The Kier molecular flexibility index (Phi) is 3.02. The minimum Gasteiger partial charge on any atom is -0.327 e. The van der Waals surface area contributed by atoms with Crippen molar-refractivity contribution in [2.24, 2.45) is 5.73 Å². The number of aryl methyl sites for hydroxylation is 1. The second kappa shape index (κ2) is 4.03. The van der Waals surface area contributed by atoms with E-state index in [1.807, 2.05) is 6.92 Å². The highest BCUT2D eigenvalue weighted by Gasteiger charge is 2.49. The standard InChI is InChI=1S/C13H18FNO2S/c1-8-6-11(14)10(7-12(8)18(3,16)17)13(4-5-13)9(2)15/h6-7,9H,4-5,15H2,1-3H3. The molecule has 2 N–H and O–H groups in total. The van der Waals surface area contributed by atoms with Crippen LogP contribution in [0.15, 0.2) is 17.0 Å². The van der Waals surface area contributed by atoms with Crippen LogP contribution in [0.2, 0.25) is 0 Å². The van der Waals surface area contributed by atoms with Gasteiger partial charge in [0.25, 0.3) is 0 Å². The summed E-state index contributed by atoms with van der Waals surface area (Å²) in [5, 5.41) is 0. The summed E-state index contributed by atoms with van der Waals surface area (Å²) in [6.45, 7) is 3.45. The Morgan fingerprint density at radius 2 is 1.94 bits per heavy atom. The highest BCUT2D eigenvalue weighted by molar-refractivity contribution is 7.90. The van der Waals surface area contributed by atoms with Crippen LogP contribution < -0.4 is 5.73 Å². The number of rotatable bonds is 3. The summed E-state index contributed by atoms with van der Waals surface area (Å²) in [5.74, 6) is -0.352. The van der Waals surface area contributed by atoms with Gasteiger partial charge in [0, 0.05) is 17.7 Å². The molecule has 0 saturated heterocycles. The zero-order valence-corrected chi connectivity index (χ0v) is 11.6. The van der Waals surface area contributed by atoms with Gasteiger partial charge in [0.1, 0.15) is 5.82 Å². The van der Waals surface area contributed by atoms with Crippen molar-refractivity contribution in [2.75, 3.05) is 6.26 Å². The van der Waals surface area contributed by atoms with E-state index >= 15 is 0 Å². The summed E-state index contributed by atoms with van der Waals surface area (Å²) in [7, 11) is -3.34. The zero-order chi connectivity index (χ0) is 13.7. The van der Waals surface area contributed by atoms with Crippen LogP contribution >= 0.6 is 0 Å². The van der Waals surface area contributed by atoms with Gasteiger partial charge in [0.05, 0.1) is 4.90 Å². The van der Waals surface area contributed by atoms with E-state index in [-0.39, 0.29) is 22.2 Å². The van der Waals surface area contributed by atoms with E-state index in [2.05, 4.69) is 0 Å². The Morgan fingerprint density at radius 3 is 2.33 bits per heavy atom. The average Bonchev–Trinajstić information content (AvgIpc) is 2.96. The van der Waals surface area contributed by atoms with Gasteiger partial charge in [-0.2, -0.15) is 0 Å². The molecule has 1 aliphatic carbocycles. The fraction of sp³-hybridized carbons (Fsp3) is 0.538. The van der Waals surface area contributed by atoms with Crippen LogP contribution in [0.25, 0.3) is 0 Å². The molecule has 1 unspecified atom stereocenters. The zero-order valence-electron chi connectivity index (χ0n) is 10.8. The van der Waals surface area contributed by atoms with Crippen LogP contribution in [0.3, 0.4) is 0 Å². The van der Waals surface area contributed by atoms with Crippen LogP contribution in [-0.2, 0) is 15.3 Å². The molecule has 1 aliphatic rings. The predicted molar refractivity (Wildman–Crippen MR) is 68.8 cm³/mol. The molecule has 5 heteroatoms. The minimum atomic E-state index is -3.34. The van der Waals surface area contributed by atoms with Crippen molar-refractivity contribution in [3.05, 3.63) is 29.1 Å². The lowest BCUT2D eigenvalue weighted by molar-refractivity contribution is 0.509. The summed E-state index contributed by atoms with van der Waals surface area (Å²) in [4.78, 5) is 0.200. The number of hydrogen-bond donors (Lipinski definition) is 1. The molecule has 1 saturated carbocycles. The van der Waals surface area contributed by atoms with Crippen LogP contribution in [0.1, 0.15) is 30.9 Å². The summed E-state index contributed by atoms with van der Waals surface area (Å²) in [6.07, 6.45) is 2.77. The SMILES string of the molecule is Cc1cc(F)c(C2(C(C)N)CC2)cc1S(C)(=O)=O. The molecular formula is C13H18FNO2S. The molecule has 1 atom stereocenters. The van der Waals surface area contributed by atoms with Crippen LogP contribution in [0, 0.1) is 12.7 Å². The molecule has 0 spiro atoms. The maximum absolute atomic E-state index is 14.1. The van der Waals surface area contributed by atoms with E-state index in [4.69, 9.17) is 5.73 Å². The molecule has 1 fully saturated rings. The monoisotopic (exact) mass is 271 g/mol. The van der Waals surface area contributed by atoms with Crippen molar-refractivity contribution in [1.29, 1.82) is 0 Å². The summed E-state index contributed by atoms with van der Waals surface area (Å²) in [5.41, 5.74) is 6.43. The molecule has 1 aromatic rings. The van der Waals surface area contributed by atoms with Crippen molar-refractivity contribution in [1.82, 2.24) is 0 Å². The lowest BCUT2D eigenvalue weighted by Crippen LogP contribution is -2.32. The molecule has 0 bridgehead atoms. The minimum absolute atomic E-state index is 0.179. The van der Waals surface area contributed by atoms with Gasteiger partial charge in [0.2, 0.25) is 0 Å². The first-order valence-electron chi connectivity index (χ1n) is 5.95. The molecular weight excluding hydrogens is 253 g/mol. The van der Waals surface area contributed by atoms with Crippen molar-refractivity contribution >= 4 is 9.84 Å². The maximum atomic E-state index is 14.1. The molecule has 1 aromatic carbocycles. The van der Waals surface area contributed by atoms with Crippen molar-refractivity contribution in [2.45, 2.75) is 43.0 Å². The van der Waals surface area contributed by atoms with E-state index in [0.29, 0.717) is 11.1 Å². The third-order valence-corrected chi connectivity index (χ3v) is 5.10. The molecule has 0 aliphatic heterocycles. The van der Waals surface area contributed by atoms with E-state index in [0.717, 1.165) is 19.1 Å². The first-order valence-corrected chi connectivity index (χ1v) is 7.84. The van der Waals surface area contributed by atoms with Gasteiger partial charge in [-0.15, -0.1) is 0 Å². The fourth-order valence-electron chi connectivity index (χ4n) is 2.54. The third-order valence-electron chi connectivity index (χ3n) is 3.86. The first-order chi connectivity index (χ1) is 8.18. The topological polar surface area (TPSA) is 60.2 Å². The lowest BCUT2D eigenvalue weighted by Gasteiger charge is -2.22. The fourth-order valence-corrected chi connectivity index (χ4v) is 3.51. The molecule has 100 valence electrons. The van der Waals surface area contributed by atoms with Gasteiger partial charge in [-0.05, 0) is 49.9 Å². The Bertz CT molecular complexity index is 589. The average molecular weight is 271 g/mol. The molecule has 3 nitrogen and oxygen atoms in total. The Hall–Kier alpha value is -0.940. The summed E-state index contributed by atoms with van der Waals surface area (Å²) < 4.78 is 37.4. The maximum Gasteiger partial charge on any atom is 0.175 e. The van der Waals surface area contributed by atoms with Crippen molar-refractivity contribution in [3.63, 3.8) is 0 Å². The molecule has 0 radical (unpaired) electrons. The quantitative estimate of drug-likeness (QED) is 0.854. The normalized spacial score (nSPS) is 19.6. The Labute approximate surface area is 107 Å². The van der Waals surface area contributed by atoms with E-state index in [9.17, 15) is 12.8 Å². The van der Waals surface area contributed by atoms with Crippen molar-refractivity contribution < 1.29 is 12.8 Å². The van der Waals surface area contributed by atoms with Gasteiger partial charge >= 0.3 is 0 Å². The highest BCUT2D eigenvalue weighted by atomic mass is 32.2. The lowest BCUT2D eigenvalue weighted by atomic mass is 9.88. The number of sulfone groups is 1. The number of benzene rings is 1. The second-order valence-corrected chi connectivity index (χ2v) is 7.30. The Morgan fingerprint density at radius 1 is 1.39 bits per heavy atom. The molecule has 18 heavy (non-hydrogen) atoms. The van der Waals surface area contributed by atoms with E-state index in [1.54, 1.807) is 6.92 Å². The predicted octanol–water partition coefficient (Wildman–Crippen LogP) is 1.92. The molecule has 0 aromatic heterocycles. The first kappa shape index (κ1) is 13.5. The van der Waals surface area contributed by atoms with Crippen LogP contribution in [-0.4, -0.2) is 20.7 Å². The second-order valence-electron chi connectivity index (χ2n) is 5.31. The summed E-state index contributed by atoms with van der Waals surface area (Å²) >= 11 is 0. The largest absolute Gasteiger partial charge is 0.327 e. The van der Waals surface area contributed by atoms with Crippen molar-refractivity contribution in [3.8, 4) is 0 Å². The number of halogens is 1. The molecule has 0 heterocycles. The highest BCUT2D eigenvalue weighted by Crippen LogP contribution is 2.51. The number of hydrogen-bond acceptors (Lipinski definition) is 3. The molecule has 0 amide bonds. The van der Waals surface area contributed by atoms with E-state index < -0.39 is 9.84 Å². The molecule has 2 rings (SSSR count). The van der Waals surface area contributed by atoms with Crippen LogP contribution in [0.5, 0.6) is 0 Å². The van der Waals surface area contributed by atoms with Gasteiger partial charge in [0.15, 0.2) is 9.84 Å². The van der Waals surface area contributed by atoms with Gasteiger partial charge < -0.3 is 5.73 Å². The van der Waals surface area contributed by atoms with Gasteiger partial charge in [-0.1, -0.05) is 0 Å². The smallest absolute Gasteiger partial charge is 0.175 e. The van der Waals surface area contributed by atoms with Gasteiger partial charge in [-0.25, -0.2) is 12.8 Å². The number of nitrogens with two attached hydrogens (primary N) is 1. The summed E-state index contributed by atoms with van der Waals surface area (Å²) in [6, 6.07) is 2.59.